The van der Waals surface area contributed by atoms with Gasteiger partial charge in [0.15, 0.2) is 0 Å². The number of carbonyl (C=O) groups excluding carboxylic acids is 1. The summed E-state index contributed by atoms with van der Waals surface area (Å²) in [6, 6.07) is 12.4. The number of benzene rings is 1. The van der Waals surface area contributed by atoms with Crippen LogP contribution in [0.1, 0.15) is 28.8 Å². The normalized spacial score (nSPS) is 15.2. The predicted molar refractivity (Wildman–Crippen MR) is 77.2 cm³/mol. The van der Waals surface area contributed by atoms with Gasteiger partial charge in [-0.1, -0.05) is 30.3 Å². The second-order valence-corrected chi connectivity index (χ2v) is 5.14. The summed E-state index contributed by atoms with van der Waals surface area (Å²) in [5, 5.41) is 11.7. The molecule has 21 heavy (non-hydrogen) atoms. The fraction of sp³-hybridized carbons (Fsp3) is 0.188. The molecule has 1 aromatic heterocycles. The molecular weight excluding hydrogens is 268 g/mol. The topological polar surface area (TPSA) is 79.3 Å². The Kier molecular flexibility index (Phi) is 3.17. The quantitative estimate of drug-likeness (QED) is 0.902. The minimum absolute atomic E-state index is 0.102. The highest BCUT2D eigenvalue weighted by Crippen LogP contribution is 2.48. The Balaban J connectivity index is 1.81. The summed E-state index contributed by atoms with van der Waals surface area (Å²) in [5.74, 6) is -0.914. The van der Waals surface area contributed by atoms with Crippen molar-refractivity contribution in [3.8, 4) is 0 Å². The van der Waals surface area contributed by atoms with Crippen molar-refractivity contribution < 1.29 is 14.7 Å². The molecule has 1 aliphatic carbocycles. The number of nitrogens with one attached hydrogen (secondary N) is 1. The van der Waals surface area contributed by atoms with Crippen LogP contribution in [0.15, 0.2) is 48.7 Å². The Bertz CT molecular complexity index is 694. The van der Waals surface area contributed by atoms with E-state index in [9.17, 15) is 9.59 Å². The number of aromatic carboxylic acids is 1. The van der Waals surface area contributed by atoms with Crippen LogP contribution in [0.25, 0.3) is 0 Å². The van der Waals surface area contributed by atoms with E-state index >= 15 is 0 Å². The monoisotopic (exact) mass is 282 g/mol. The number of carbonyl (C=O) groups is 2. The fourth-order valence-corrected chi connectivity index (χ4v) is 2.40. The van der Waals surface area contributed by atoms with Crippen molar-refractivity contribution in [1.82, 2.24) is 4.98 Å². The summed E-state index contributed by atoms with van der Waals surface area (Å²) >= 11 is 0. The van der Waals surface area contributed by atoms with E-state index in [0.717, 1.165) is 18.4 Å². The first-order chi connectivity index (χ1) is 10.1. The van der Waals surface area contributed by atoms with E-state index in [1.54, 1.807) is 0 Å². The van der Waals surface area contributed by atoms with E-state index in [4.69, 9.17) is 5.11 Å². The summed E-state index contributed by atoms with van der Waals surface area (Å²) in [5.41, 5.74) is 0.587. The van der Waals surface area contributed by atoms with Crippen molar-refractivity contribution in [2.24, 2.45) is 0 Å². The molecule has 0 atom stereocenters. The number of carboxylic acids is 1. The third kappa shape index (κ3) is 2.50. The number of carboxylic acid groups (broad SMARTS) is 1. The van der Waals surface area contributed by atoms with Gasteiger partial charge >= 0.3 is 5.97 Å². The van der Waals surface area contributed by atoms with Gasteiger partial charge in [0.2, 0.25) is 5.91 Å². The van der Waals surface area contributed by atoms with E-state index in [0.29, 0.717) is 0 Å². The molecule has 1 amide bonds. The third-order valence-corrected chi connectivity index (χ3v) is 3.76. The van der Waals surface area contributed by atoms with E-state index < -0.39 is 11.4 Å². The highest BCUT2D eigenvalue weighted by molar-refractivity contribution is 6.01. The van der Waals surface area contributed by atoms with Crippen molar-refractivity contribution in [3.63, 3.8) is 0 Å². The zero-order valence-electron chi connectivity index (χ0n) is 11.2. The molecule has 5 nitrogen and oxygen atoms in total. The van der Waals surface area contributed by atoms with Crippen molar-refractivity contribution in [1.29, 1.82) is 0 Å². The van der Waals surface area contributed by atoms with Gasteiger partial charge in [0.1, 0.15) is 5.82 Å². The van der Waals surface area contributed by atoms with E-state index in [2.05, 4.69) is 10.3 Å². The van der Waals surface area contributed by atoms with Crippen LogP contribution in [0.5, 0.6) is 0 Å². The molecule has 0 radical (unpaired) electrons. The standard InChI is InChI=1S/C16H14N2O3/c19-14(20)11-6-9-17-13(10-11)18-15(21)16(7-8-16)12-4-2-1-3-5-12/h1-6,9-10H,7-8H2,(H,19,20)(H,17,18,21). The first-order valence-electron chi connectivity index (χ1n) is 6.68. The van der Waals surface area contributed by atoms with Crippen molar-refractivity contribution in [2.45, 2.75) is 18.3 Å². The summed E-state index contributed by atoms with van der Waals surface area (Å²) in [4.78, 5) is 27.4. The first-order valence-corrected chi connectivity index (χ1v) is 6.68. The number of amides is 1. The van der Waals surface area contributed by atoms with Crippen LogP contribution in [-0.4, -0.2) is 22.0 Å². The maximum atomic E-state index is 12.5. The molecule has 2 N–H and O–H groups in total. The van der Waals surface area contributed by atoms with E-state index in [-0.39, 0.29) is 17.3 Å². The van der Waals surface area contributed by atoms with Crippen LogP contribution in [0.4, 0.5) is 5.82 Å². The molecule has 1 saturated carbocycles. The Morgan fingerprint density at radius 2 is 1.86 bits per heavy atom. The average Bonchev–Trinajstić information content (AvgIpc) is 3.30. The van der Waals surface area contributed by atoms with Crippen molar-refractivity contribution in [2.75, 3.05) is 5.32 Å². The number of aromatic nitrogens is 1. The van der Waals surface area contributed by atoms with Crippen LogP contribution in [-0.2, 0) is 10.2 Å². The molecule has 106 valence electrons. The zero-order valence-corrected chi connectivity index (χ0v) is 11.2. The molecule has 2 aromatic rings. The Hall–Kier alpha value is -2.69. The molecule has 0 unspecified atom stereocenters. The molecule has 5 heteroatoms. The molecule has 0 bridgehead atoms. The number of pyridine rings is 1. The van der Waals surface area contributed by atoms with Crippen molar-refractivity contribution in [3.05, 3.63) is 59.8 Å². The zero-order chi connectivity index (χ0) is 14.9. The number of hydrogen-bond donors (Lipinski definition) is 2. The molecule has 1 fully saturated rings. The van der Waals surface area contributed by atoms with Gasteiger partial charge in [0.25, 0.3) is 0 Å². The number of nitrogens with zero attached hydrogens (tertiary/aromatic N) is 1. The second-order valence-electron chi connectivity index (χ2n) is 5.14. The van der Waals surface area contributed by atoms with E-state index in [1.807, 2.05) is 30.3 Å². The average molecular weight is 282 g/mol. The van der Waals surface area contributed by atoms with Crippen molar-refractivity contribution >= 4 is 17.7 Å². The highest BCUT2D eigenvalue weighted by atomic mass is 16.4. The minimum Gasteiger partial charge on any atom is -0.478 e. The highest BCUT2D eigenvalue weighted by Gasteiger charge is 2.51. The van der Waals surface area contributed by atoms with Gasteiger partial charge in [-0.3, -0.25) is 4.79 Å². The molecule has 0 saturated heterocycles. The lowest BCUT2D eigenvalue weighted by Gasteiger charge is -2.15. The second kappa shape index (κ2) is 5.01. The van der Waals surface area contributed by atoms with Crippen LogP contribution in [0.2, 0.25) is 0 Å². The SMILES string of the molecule is O=C(O)c1ccnc(NC(=O)C2(c3ccccc3)CC2)c1. The molecule has 0 aliphatic heterocycles. The maximum absolute atomic E-state index is 12.5. The number of rotatable bonds is 4. The predicted octanol–water partition coefficient (Wildman–Crippen LogP) is 2.45. The largest absolute Gasteiger partial charge is 0.478 e. The molecule has 1 aromatic carbocycles. The number of anilines is 1. The van der Waals surface area contributed by atoms with Gasteiger partial charge in [-0.25, -0.2) is 9.78 Å². The lowest BCUT2D eigenvalue weighted by molar-refractivity contribution is -0.118. The Morgan fingerprint density at radius 3 is 2.48 bits per heavy atom. The van der Waals surface area contributed by atoms with Crippen LogP contribution in [0, 0.1) is 0 Å². The lowest BCUT2D eigenvalue weighted by Crippen LogP contribution is -2.28. The minimum atomic E-state index is -1.04. The summed E-state index contributed by atoms with van der Waals surface area (Å²) in [6.07, 6.45) is 2.96. The first kappa shape index (κ1) is 13.3. The number of hydrogen-bond acceptors (Lipinski definition) is 3. The van der Waals surface area contributed by atoms with Gasteiger partial charge in [-0.15, -0.1) is 0 Å². The van der Waals surface area contributed by atoms with E-state index in [1.165, 1.54) is 18.3 Å². The van der Waals surface area contributed by atoms with Gasteiger partial charge in [0.05, 0.1) is 11.0 Å². The van der Waals surface area contributed by atoms with Crippen LogP contribution < -0.4 is 5.32 Å². The Labute approximate surface area is 121 Å². The van der Waals surface area contributed by atoms with Gasteiger partial charge in [-0.2, -0.15) is 0 Å². The fourth-order valence-electron chi connectivity index (χ4n) is 2.40. The summed E-state index contributed by atoms with van der Waals surface area (Å²) < 4.78 is 0. The molecular formula is C16H14N2O3. The molecule has 1 heterocycles. The molecule has 0 spiro atoms. The van der Waals surface area contributed by atoms with Crippen LogP contribution >= 0.6 is 0 Å². The van der Waals surface area contributed by atoms with Gasteiger partial charge in [0, 0.05) is 6.20 Å². The third-order valence-electron chi connectivity index (χ3n) is 3.76. The maximum Gasteiger partial charge on any atom is 0.335 e. The molecule has 1 aliphatic rings. The summed E-state index contributed by atoms with van der Waals surface area (Å²) in [7, 11) is 0. The lowest BCUT2D eigenvalue weighted by atomic mass is 9.95. The Morgan fingerprint density at radius 1 is 1.14 bits per heavy atom. The smallest absolute Gasteiger partial charge is 0.335 e. The summed E-state index contributed by atoms with van der Waals surface area (Å²) in [6.45, 7) is 0. The van der Waals surface area contributed by atoms with Crippen LogP contribution in [0.3, 0.4) is 0 Å². The van der Waals surface area contributed by atoms with Gasteiger partial charge < -0.3 is 10.4 Å². The molecule has 3 rings (SSSR count). The van der Waals surface area contributed by atoms with Gasteiger partial charge in [-0.05, 0) is 30.5 Å².